The Labute approximate surface area is 153 Å². The lowest BCUT2D eigenvalue weighted by molar-refractivity contribution is -0.146. The zero-order valence-electron chi connectivity index (χ0n) is 15.2. The van der Waals surface area contributed by atoms with E-state index in [4.69, 9.17) is 4.74 Å². The molecule has 2 aliphatic rings. The van der Waals surface area contributed by atoms with Crippen LogP contribution >= 0.6 is 0 Å². The second kappa shape index (κ2) is 8.62. The predicted molar refractivity (Wildman–Crippen MR) is 96.0 cm³/mol. The summed E-state index contributed by atoms with van der Waals surface area (Å²) in [7, 11) is 1.41. The fourth-order valence-electron chi connectivity index (χ4n) is 4.37. The molecule has 0 aromatic heterocycles. The maximum atomic E-state index is 12.9. The third kappa shape index (κ3) is 4.41. The Morgan fingerprint density at radius 3 is 2.69 bits per heavy atom. The van der Waals surface area contributed by atoms with Crippen LogP contribution in [-0.2, 0) is 20.7 Å². The summed E-state index contributed by atoms with van der Waals surface area (Å²) in [6, 6.07) is 6.28. The molecule has 1 heterocycles. The lowest BCUT2D eigenvalue weighted by Crippen LogP contribution is -2.48. The van der Waals surface area contributed by atoms with Crippen LogP contribution in [0.3, 0.4) is 0 Å². The molecule has 1 aromatic carbocycles. The summed E-state index contributed by atoms with van der Waals surface area (Å²) in [6.07, 6.45) is 5.96. The molecule has 1 saturated carbocycles. The number of likely N-dealkylation sites (tertiary alicyclic amines) is 1. The van der Waals surface area contributed by atoms with Gasteiger partial charge >= 0.3 is 5.97 Å². The number of fused-ring (bicyclic) bond motifs is 1. The van der Waals surface area contributed by atoms with E-state index in [0.29, 0.717) is 24.9 Å². The minimum atomic E-state index is -0.309. The summed E-state index contributed by atoms with van der Waals surface area (Å²) in [4.78, 5) is 26.6. The van der Waals surface area contributed by atoms with E-state index in [0.717, 1.165) is 31.2 Å². The molecule has 5 nitrogen and oxygen atoms in total. The quantitative estimate of drug-likeness (QED) is 0.789. The summed E-state index contributed by atoms with van der Waals surface area (Å²) in [5, 5.41) is 2.92. The number of ether oxygens (including phenoxy) is 1. The van der Waals surface area contributed by atoms with Crippen LogP contribution in [0.5, 0.6) is 0 Å². The van der Waals surface area contributed by atoms with Gasteiger partial charge < -0.3 is 10.1 Å². The lowest BCUT2D eigenvalue weighted by atomic mass is 9.85. The number of nitrogens with zero attached hydrogens (tertiary/aromatic N) is 1. The molecule has 0 radical (unpaired) electrons. The fraction of sp³-hybridized carbons (Fsp3) is 0.600. The first-order valence-corrected chi connectivity index (χ1v) is 9.43. The smallest absolute Gasteiger partial charge is 0.323 e. The zero-order chi connectivity index (χ0) is 18.5. The van der Waals surface area contributed by atoms with Crippen LogP contribution < -0.4 is 5.32 Å². The summed E-state index contributed by atoms with van der Waals surface area (Å²) < 4.78 is 17.9. The van der Waals surface area contributed by atoms with Crippen LogP contribution in [0.4, 0.5) is 4.39 Å². The first kappa shape index (κ1) is 18.8. The summed E-state index contributed by atoms with van der Waals surface area (Å²) >= 11 is 0. The molecule has 0 unspecified atom stereocenters. The molecule has 142 valence electrons. The van der Waals surface area contributed by atoms with Gasteiger partial charge in [-0.2, -0.15) is 0 Å². The predicted octanol–water partition coefficient (Wildman–Crippen LogP) is 2.29. The normalized spacial score (nSPS) is 25.5. The van der Waals surface area contributed by atoms with Gasteiger partial charge in [-0.3, -0.25) is 14.5 Å². The highest BCUT2D eigenvalue weighted by Crippen LogP contribution is 2.39. The van der Waals surface area contributed by atoms with Crippen molar-refractivity contribution >= 4 is 11.9 Å². The third-order valence-corrected chi connectivity index (χ3v) is 5.67. The SMILES string of the molecule is COC(=O)[C@@H]1C[C@@H]2CCCC[C@@H]2N1CC(=O)NCCc1ccc(F)cc1. The second-order valence-electron chi connectivity index (χ2n) is 7.29. The molecule has 3 atom stereocenters. The highest BCUT2D eigenvalue weighted by molar-refractivity contribution is 5.81. The van der Waals surface area contributed by atoms with Crippen LogP contribution in [0.15, 0.2) is 24.3 Å². The Morgan fingerprint density at radius 1 is 1.23 bits per heavy atom. The number of carbonyl (C=O) groups is 2. The number of benzene rings is 1. The number of amides is 1. The van der Waals surface area contributed by atoms with Crippen molar-refractivity contribution in [2.24, 2.45) is 5.92 Å². The Hall–Kier alpha value is -1.95. The van der Waals surface area contributed by atoms with Gasteiger partial charge in [-0.15, -0.1) is 0 Å². The number of nitrogens with one attached hydrogen (secondary N) is 1. The monoisotopic (exact) mass is 362 g/mol. The number of hydrogen-bond donors (Lipinski definition) is 1. The van der Waals surface area contributed by atoms with E-state index in [1.807, 2.05) is 4.90 Å². The van der Waals surface area contributed by atoms with Crippen molar-refractivity contribution in [1.29, 1.82) is 0 Å². The third-order valence-electron chi connectivity index (χ3n) is 5.67. The van der Waals surface area contributed by atoms with Crippen molar-refractivity contribution in [3.63, 3.8) is 0 Å². The molecule has 6 heteroatoms. The van der Waals surface area contributed by atoms with Gasteiger partial charge in [0, 0.05) is 12.6 Å². The molecule has 1 aliphatic carbocycles. The average Bonchev–Trinajstić information content (AvgIpc) is 3.01. The van der Waals surface area contributed by atoms with Gasteiger partial charge in [0.2, 0.25) is 5.91 Å². The van der Waals surface area contributed by atoms with Gasteiger partial charge in [-0.05, 0) is 49.3 Å². The van der Waals surface area contributed by atoms with Crippen LogP contribution in [0.2, 0.25) is 0 Å². The van der Waals surface area contributed by atoms with Crippen LogP contribution in [0, 0.1) is 11.7 Å². The van der Waals surface area contributed by atoms with E-state index in [2.05, 4.69) is 5.32 Å². The number of carbonyl (C=O) groups excluding carboxylic acids is 2. The minimum Gasteiger partial charge on any atom is -0.468 e. The van der Waals surface area contributed by atoms with E-state index >= 15 is 0 Å². The molecular formula is C20H27FN2O3. The van der Waals surface area contributed by atoms with E-state index in [9.17, 15) is 14.0 Å². The topological polar surface area (TPSA) is 58.6 Å². The highest BCUT2D eigenvalue weighted by Gasteiger charge is 2.46. The van der Waals surface area contributed by atoms with Crippen molar-refractivity contribution in [2.75, 3.05) is 20.2 Å². The highest BCUT2D eigenvalue weighted by atomic mass is 19.1. The summed E-state index contributed by atoms with van der Waals surface area (Å²) in [6.45, 7) is 0.722. The van der Waals surface area contributed by atoms with E-state index in [1.54, 1.807) is 12.1 Å². The molecule has 1 saturated heterocycles. The molecule has 1 aromatic rings. The van der Waals surface area contributed by atoms with Crippen LogP contribution in [0.25, 0.3) is 0 Å². The zero-order valence-corrected chi connectivity index (χ0v) is 15.2. The minimum absolute atomic E-state index is 0.0766. The van der Waals surface area contributed by atoms with Gasteiger partial charge in [0.15, 0.2) is 0 Å². The first-order valence-electron chi connectivity index (χ1n) is 9.43. The molecule has 2 fully saturated rings. The maximum Gasteiger partial charge on any atom is 0.323 e. The van der Waals surface area contributed by atoms with Gasteiger partial charge in [0.25, 0.3) is 0 Å². The van der Waals surface area contributed by atoms with Crippen LogP contribution in [0.1, 0.15) is 37.7 Å². The average molecular weight is 362 g/mol. The molecule has 26 heavy (non-hydrogen) atoms. The molecule has 3 rings (SSSR count). The van der Waals surface area contributed by atoms with Gasteiger partial charge in [0.05, 0.1) is 13.7 Å². The van der Waals surface area contributed by atoms with Crippen molar-refractivity contribution < 1.29 is 18.7 Å². The number of esters is 1. The standard InChI is InChI=1S/C20H27FN2O3/c1-26-20(25)18-12-15-4-2-3-5-17(15)23(18)13-19(24)22-11-10-14-6-8-16(21)9-7-14/h6-9,15,17-18H,2-5,10-13H2,1H3,(H,22,24)/t15-,17-,18-/m0/s1. The summed E-state index contributed by atoms with van der Waals surface area (Å²) in [5.74, 6) is -0.0895. The second-order valence-corrected chi connectivity index (χ2v) is 7.29. The molecule has 1 aliphatic heterocycles. The van der Waals surface area contributed by atoms with Crippen molar-refractivity contribution in [2.45, 2.75) is 50.6 Å². The number of rotatable bonds is 6. The molecule has 1 amide bonds. The summed E-state index contributed by atoms with van der Waals surface area (Å²) in [5.41, 5.74) is 0.979. The van der Waals surface area contributed by atoms with Gasteiger partial charge in [0.1, 0.15) is 11.9 Å². The molecular weight excluding hydrogens is 335 g/mol. The Balaban J connectivity index is 1.53. The molecule has 1 N–H and O–H groups in total. The van der Waals surface area contributed by atoms with Crippen LogP contribution in [-0.4, -0.2) is 49.1 Å². The van der Waals surface area contributed by atoms with Gasteiger partial charge in [-0.25, -0.2) is 4.39 Å². The van der Waals surface area contributed by atoms with Gasteiger partial charge in [-0.1, -0.05) is 25.0 Å². The van der Waals surface area contributed by atoms with E-state index in [1.165, 1.54) is 25.7 Å². The largest absolute Gasteiger partial charge is 0.468 e. The van der Waals surface area contributed by atoms with Crippen molar-refractivity contribution in [3.05, 3.63) is 35.6 Å². The van der Waals surface area contributed by atoms with E-state index < -0.39 is 0 Å². The molecule has 0 spiro atoms. The Bertz CT molecular complexity index is 634. The number of methoxy groups -OCH3 is 1. The Morgan fingerprint density at radius 2 is 1.96 bits per heavy atom. The number of halogens is 1. The Kier molecular flexibility index (Phi) is 6.25. The van der Waals surface area contributed by atoms with Crippen molar-refractivity contribution in [3.8, 4) is 0 Å². The maximum absolute atomic E-state index is 12.9. The lowest BCUT2D eigenvalue weighted by Gasteiger charge is -2.32. The first-order chi connectivity index (χ1) is 12.6. The number of hydrogen-bond acceptors (Lipinski definition) is 4. The molecule has 0 bridgehead atoms. The van der Waals surface area contributed by atoms with Crippen molar-refractivity contribution in [1.82, 2.24) is 10.2 Å². The fourth-order valence-corrected chi connectivity index (χ4v) is 4.37. The van der Waals surface area contributed by atoms with E-state index in [-0.39, 0.29) is 30.3 Å².